The van der Waals surface area contributed by atoms with E-state index in [4.69, 9.17) is 21.1 Å². The van der Waals surface area contributed by atoms with Crippen LogP contribution < -0.4 is 9.64 Å². The SMILES string of the molecule is COC(=O)c1sc(N2C(=O)C(=O)C(=C(O)c3ccc(Cl)cc3)[C@H]2c2cccc(Oc3ccccc3)c2)nc1C. The van der Waals surface area contributed by atoms with Crippen molar-refractivity contribution in [3.63, 3.8) is 0 Å². The maximum atomic E-state index is 13.5. The third kappa shape index (κ3) is 5.01. The maximum Gasteiger partial charge on any atom is 0.350 e. The van der Waals surface area contributed by atoms with Gasteiger partial charge in [-0.2, -0.15) is 0 Å². The average molecular weight is 561 g/mol. The highest BCUT2D eigenvalue weighted by molar-refractivity contribution is 7.17. The Balaban J connectivity index is 1.67. The zero-order valence-corrected chi connectivity index (χ0v) is 22.3. The van der Waals surface area contributed by atoms with Crippen molar-refractivity contribution in [3.8, 4) is 11.5 Å². The standard InChI is InChI=1S/C29H21ClN2O6S/c1-16-26(28(36)37-2)39-29(31-16)32-23(18-7-6-10-21(15-18)38-20-8-4-3-5-9-20)22(25(34)27(32)35)24(33)17-11-13-19(30)14-12-17/h3-15,23,33H,1-2H3/t23-/m1/s1. The van der Waals surface area contributed by atoms with Crippen molar-refractivity contribution >= 4 is 51.5 Å². The fourth-order valence-electron chi connectivity index (χ4n) is 4.25. The van der Waals surface area contributed by atoms with Crippen LogP contribution in [0, 0.1) is 6.92 Å². The van der Waals surface area contributed by atoms with E-state index in [1.165, 1.54) is 12.0 Å². The number of ether oxygens (including phenoxy) is 2. The lowest BCUT2D eigenvalue weighted by molar-refractivity contribution is -0.132. The number of hydrogen-bond donors (Lipinski definition) is 1. The Labute approximate surface area is 232 Å². The van der Waals surface area contributed by atoms with Crippen molar-refractivity contribution in [1.29, 1.82) is 0 Å². The maximum absolute atomic E-state index is 13.5. The van der Waals surface area contributed by atoms with Gasteiger partial charge >= 0.3 is 11.9 Å². The Morgan fingerprint density at radius 1 is 1.00 bits per heavy atom. The van der Waals surface area contributed by atoms with Crippen LogP contribution in [0.1, 0.15) is 32.5 Å². The van der Waals surface area contributed by atoms with E-state index in [2.05, 4.69) is 4.98 Å². The van der Waals surface area contributed by atoms with Gasteiger partial charge in [0.1, 0.15) is 22.1 Å². The number of esters is 1. The molecule has 4 aromatic rings. The number of halogens is 1. The number of carbonyl (C=O) groups is 3. The number of aryl methyl sites for hydroxylation is 1. The Bertz CT molecular complexity index is 1610. The molecule has 0 spiro atoms. The van der Waals surface area contributed by atoms with Gasteiger partial charge in [-0.05, 0) is 61.0 Å². The second-order valence-corrected chi connectivity index (χ2v) is 9.98. The molecule has 39 heavy (non-hydrogen) atoms. The number of methoxy groups -OCH3 is 1. The quantitative estimate of drug-likeness (QED) is 0.127. The predicted molar refractivity (Wildman–Crippen MR) is 147 cm³/mol. The highest BCUT2D eigenvalue weighted by Gasteiger charge is 2.48. The summed E-state index contributed by atoms with van der Waals surface area (Å²) in [6, 6.07) is 21.2. The normalized spacial score (nSPS) is 16.4. The number of aliphatic hydroxyl groups excluding tert-OH is 1. The summed E-state index contributed by atoms with van der Waals surface area (Å²) in [7, 11) is 1.25. The van der Waals surface area contributed by atoms with Crippen molar-refractivity contribution in [1.82, 2.24) is 4.98 Å². The number of nitrogens with zero attached hydrogens (tertiary/aromatic N) is 2. The van der Waals surface area contributed by atoms with Gasteiger partial charge in [0.05, 0.1) is 24.4 Å². The second-order valence-electron chi connectivity index (χ2n) is 8.57. The highest BCUT2D eigenvalue weighted by atomic mass is 35.5. The van der Waals surface area contributed by atoms with Crippen LogP contribution >= 0.6 is 22.9 Å². The number of hydrogen-bond acceptors (Lipinski definition) is 8. The van der Waals surface area contributed by atoms with E-state index in [1.54, 1.807) is 67.6 Å². The number of thiazole rings is 1. The van der Waals surface area contributed by atoms with Crippen LogP contribution in [0.3, 0.4) is 0 Å². The molecule has 1 fully saturated rings. The first kappa shape index (κ1) is 26.1. The minimum absolute atomic E-state index is 0.115. The minimum atomic E-state index is -1.06. The largest absolute Gasteiger partial charge is 0.507 e. The molecule has 196 valence electrons. The predicted octanol–water partition coefficient (Wildman–Crippen LogP) is 6.31. The molecule has 1 saturated heterocycles. The number of benzene rings is 3. The van der Waals surface area contributed by atoms with Gasteiger partial charge in [-0.3, -0.25) is 14.5 Å². The third-order valence-electron chi connectivity index (χ3n) is 6.08. The molecule has 0 bridgehead atoms. The van der Waals surface area contributed by atoms with Gasteiger partial charge in [-0.1, -0.05) is 53.3 Å². The van der Waals surface area contributed by atoms with Crippen molar-refractivity contribution in [2.24, 2.45) is 0 Å². The highest BCUT2D eigenvalue weighted by Crippen LogP contribution is 2.44. The Kier molecular flexibility index (Phi) is 7.19. The number of para-hydroxylation sites is 1. The zero-order valence-electron chi connectivity index (χ0n) is 20.8. The molecule has 5 rings (SSSR count). The molecule has 8 nitrogen and oxygen atoms in total. The minimum Gasteiger partial charge on any atom is -0.507 e. The second kappa shape index (κ2) is 10.7. The first-order chi connectivity index (χ1) is 18.8. The molecule has 1 amide bonds. The van der Waals surface area contributed by atoms with Gasteiger partial charge in [0.2, 0.25) is 0 Å². The number of aromatic nitrogens is 1. The molecule has 1 aliphatic heterocycles. The summed E-state index contributed by atoms with van der Waals surface area (Å²) >= 11 is 6.93. The summed E-state index contributed by atoms with van der Waals surface area (Å²) in [6.07, 6.45) is 0. The zero-order chi connectivity index (χ0) is 27.7. The summed E-state index contributed by atoms with van der Waals surface area (Å²) in [5, 5.41) is 11.9. The van der Waals surface area contributed by atoms with E-state index in [0.717, 1.165) is 11.3 Å². The average Bonchev–Trinajstić information content (AvgIpc) is 3.45. The number of carbonyl (C=O) groups excluding carboxylic acids is 3. The number of ketones is 1. The van der Waals surface area contributed by atoms with E-state index in [1.807, 2.05) is 18.2 Å². The molecule has 1 aromatic heterocycles. The van der Waals surface area contributed by atoms with E-state index in [9.17, 15) is 19.5 Å². The summed E-state index contributed by atoms with van der Waals surface area (Å²) < 4.78 is 10.8. The molecule has 10 heteroatoms. The van der Waals surface area contributed by atoms with Crippen LogP contribution in [0.5, 0.6) is 11.5 Å². The van der Waals surface area contributed by atoms with Gasteiger partial charge in [0.25, 0.3) is 5.78 Å². The molecule has 1 aliphatic rings. The molecular weight excluding hydrogens is 540 g/mol. The monoisotopic (exact) mass is 560 g/mol. The molecule has 0 radical (unpaired) electrons. The van der Waals surface area contributed by atoms with Crippen LogP contribution in [-0.2, 0) is 14.3 Å². The Hall–Kier alpha value is -4.47. The van der Waals surface area contributed by atoms with E-state index < -0.39 is 23.7 Å². The van der Waals surface area contributed by atoms with Crippen molar-refractivity contribution in [2.75, 3.05) is 12.0 Å². The Morgan fingerprint density at radius 3 is 2.38 bits per heavy atom. The molecule has 0 aliphatic carbocycles. The lowest BCUT2D eigenvalue weighted by atomic mass is 9.95. The van der Waals surface area contributed by atoms with Crippen LogP contribution in [0.25, 0.3) is 5.76 Å². The van der Waals surface area contributed by atoms with Crippen molar-refractivity contribution in [2.45, 2.75) is 13.0 Å². The number of Topliss-reactive ketones (excluding diaryl/α,β-unsaturated/α-hetero) is 1. The van der Waals surface area contributed by atoms with E-state index in [-0.39, 0.29) is 21.3 Å². The summed E-state index contributed by atoms with van der Waals surface area (Å²) in [4.78, 5) is 44.9. The van der Waals surface area contributed by atoms with E-state index in [0.29, 0.717) is 33.3 Å². The van der Waals surface area contributed by atoms with E-state index >= 15 is 0 Å². The number of amides is 1. The molecule has 0 unspecified atom stereocenters. The van der Waals surface area contributed by atoms with Crippen molar-refractivity contribution in [3.05, 3.63) is 111 Å². The topological polar surface area (TPSA) is 106 Å². The van der Waals surface area contributed by atoms with Gasteiger partial charge in [-0.25, -0.2) is 9.78 Å². The summed E-state index contributed by atoms with van der Waals surface area (Å²) in [5.74, 6) is -1.70. The van der Waals surface area contributed by atoms with Crippen molar-refractivity contribution < 1.29 is 29.0 Å². The van der Waals surface area contributed by atoms with Gasteiger partial charge in [0.15, 0.2) is 5.13 Å². The molecule has 2 heterocycles. The fourth-order valence-corrected chi connectivity index (χ4v) is 5.39. The smallest absolute Gasteiger partial charge is 0.350 e. The van der Waals surface area contributed by atoms with Crippen LogP contribution in [0.15, 0.2) is 84.4 Å². The van der Waals surface area contributed by atoms with Crippen LogP contribution in [0.2, 0.25) is 5.02 Å². The summed E-state index contributed by atoms with van der Waals surface area (Å²) in [5.41, 5.74) is 1.02. The van der Waals surface area contributed by atoms with Gasteiger partial charge in [-0.15, -0.1) is 0 Å². The molecule has 1 N–H and O–H groups in total. The van der Waals surface area contributed by atoms with Crippen LogP contribution in [-0.4, -0.2) is 34.9 Å². The molecule has 3 aromatic carbocycles. The molecule has 1 atom stereocenters. The van der Waals surface area contributed by atoms with Gasteiger partial charge < -0.3 is 14.6 Å². The lowest BCUT2D eigenvalue weighted by Crippen LogP contribution is -2.29. The fraction of sp³-hybridized carbons (Fsp3) is 0.103. The first-order valence-corrected chi connectivity index (χ1v) is 12.9. The number of aliphatic hydroxyl groups is 1. The molecule has 0 saturated carbocycles. The Morgan fingerprint density at radius 2 is 1.69 bits per heavy atom. The lowest BCUT2D eigenvalue weighted by Gasteiger charge is -2.23. The number of anilines is 1. The van der Waals surface area contributed by atoms with Gasteiger partial charge in [0, 0.05) is 10.6 Å². The summed E-state index contributed by atoms with van der Waals surface area (Å²) in [6.45, 7) is 1.61. The van der Waals surface area contributed by atoms with Crippen LogP contribution in [0.4, 0.5) is 5.13 Å². The molecular formula is C29H21ClN2O6S. The number of rotatable bonds is 6. The third-order valence-corrected chi connectivity index (χ3v) is 7.47. The first-order valence-electron chi connectivity index (χ1n) is 11.7.